The summed E-state index contributed by atoms with van der Waals surface area (Å²) in [4.78, 5) is 8.39. The number of hydrogen-bond donors (Lipinski definition) is 2. The Labute approximate surface area is 162 Å². The number of halogens is 3. The highest BCUT2D eigenvalue weighted by Crippen LogP contribution is 2.18. The van der Waals surface area contributed by atoms with Crippen LogP contribution in [-0.2, 0) is 13.1 Å². The first-order chi connectivity index (χ1) is 11.7. The Hall–Kier alpha value is -1.91. The molecule has 0 fully saturated rings. The number of rotatable bonds is 7. The van der Waals surface area contributed by atoms with Crippen LogP contribution in [0.1, 0.15) is 24.9 Å². The van der Waals surface area contributed by atoms with Crippen molar-refractivity contribution in [3.8, 4) is 5.75 Å². The summed E-state index contributed by atoms with van der Waals surface area (Å²) < 4.78 is 31.8. The standard InChI is InChI=1S/C16H21F2N5O.HI/c1-3-19-16(21-10-12-6-4-5-7-13(12)24-2)22-11-14-20-8-9-23(14)15(17)18;/h4-9,15H,3,10-11H2,1-2H3,(H2,19,21,22);1H. The summed E-state index contributed by atoms with van der Waals surface area (Å²) in [5.74, 6) is 1.52. The summed E-state index contributed by atoms with van der Waals surface area (Å²) in [5.41, 5.74) is 0.936. The normalized spacial score (nSPS) is 11.2. The Balaban J connectivity index is 0.00000312. The lowest BCUT2D eigenvalue weighted by Gasteiger charge is -2.13. The van der Waals surface area contributed by atoms with Crippen molar-refractivity contribution in [1.29, 1.82) is 0 Å². The highest BCUT2D eigenvalue weighted by atomic mass is 127. The van der Waals surface area contributed by atoms with Gasteiger partial charge in [-0.1, -0.05) is 18.2 Å². The Kier molecular flexibility index (Phi) is 9.17. The minimum absolute atomic E-state index is 0. The molecule has 2 aromatic rings. The molecule has 25 heavy (non-hydrogen) atoms. The third-order valence-electron chi connectivity index (χ3n) is 3.32. The van der Waals surface area contributed by atoms with Gasteiger partial charge in [0.15, 0.2) is 5.96 Å². The highest BCUT2D eigenvalue weighted by molar-refractivity contribution is 14.0. The van der Waals surface area contributed by atoms with E-state index < -0.39 is 6.55 Å². The number of nitrogens with one attached hydrogen (secondary N) is 2. The Morgan fingerprint density at radius 1 is 1.32 bits per heavy atom. The van der Waals surface area contributed by atoms with E-state index in [1.165, 1.54) is 12.4 Å². The zero-order chi connectivity index (χ0) is 17.4. The SMILES string of the molecule is CCNC(=NCc1ccccc1OC)NCc1nccn1C(F)F.I. The summed E-state index contributed by atoms with van der Waals surface area (Å²) in [6, 6.07) is 7.59. The highest BCUT2D eigenvalue weighted by Gasteiger charge is 2.11. The van der Waals surface area contributed by atoms with E-state index in [9.17, 15) is 8.78 Å². The lowest BCUT2D eigenvalue weighted by molar-refractivity contribution is 0.0668. The molecule has 2 rings (SSSR count). The minimum atomic E-state index is -2.61. The molecule has 0 amide bonds. The van der Waals surface area contributed by atoms with Gasteiger partial charge in [-0.2, -0.15) is 8.78 Å². The molecule has 138 valence electrons. The molecule has 0 aliphatic rings. The fourth-order valence-electron chi connectivity index (χ4n) is 2.16. The number of para-hydroxylation sites is 1. The number of methoxy groups -OCH3 is 1. The molecule has 0 radical (unpaired) electrons. The van der Waals surface area contributed by atoms with E-state index >= 15 is 0 Å². The van der Waals surface area contributed by atoms with Crippen molar-refractivity contribution < 1.29 is 13.5 Å². The third-order valence-corrected chi connectivity index (χ3v) is 3.32. The molecule has 6 nitrogen and oxygen atoms in total. The zero-order valence-corrected chi connectivity index (χ0v) is 16.4. The van der Waals surface area contributed by atoms with E-state index in [1.807, 2.05) is 31.2 Å². The maximum atomic E-state index is 12.8. The van der Waals surface area contributed by atoms with Gasteiger partial charge in [0.1, 0.15) is 11.6 Å². The quantitative estimate of drug-likeness (QED) is 0.375. The van der Waals surface area contributed by atoms with E-state index in [0.717, 1.165) is 15.9 Å². The number of nitrogens with zero attached hydrogens (tertiary/aromatic N) is 3. The van der Waals surface area contributed by atoms with Gasteiger partial charge in [0.2, 0.25) is 0 Å². The van der Waals surface area contributed by atoms with Crippen molar-refractivity contribution in [2.24, 2.45) is 4.99 Å². The Morgan fingerprint density at radius 3 is 2.76 bits per heavy atom. The number of imidazole rings is 1. The van der Waals surface area contributed by atoms with Crippen LogP contribution in [0.3, 0.4) is 0 Å². The van der Waals surface area contributed by atoms with Crippen molar-refractivity contribution in [3.63, 3.8) is 0 Å². The molecular formula is C16H22F2IN5O. The molecule has 0 aliphatic carbocycles. The van der Waals surface area contributed by atoms with E-state index in [1.54, 1.807) is 7.11 Å². The Bertz CT molecular complexity index is 678. The van der Waals surface area contributed by atoms with Crippen molar-refractivity contribution in [2.45, 2.75) is 26.6 Å². The number of ether oxygens (including phenoxy) is 1. The van der Waals surface area contributed by atoms with Crippen LogP contribution >= 0.6 is 24.0 Å². The average molecular weight is 465 g/mol. The van der Waals surface area contributed by atoms with Gasteiger partial charge in [0, 0.05) is 24.5 Å². The molecule has 0 bridgehead atoms. The molecule has 0 saturated heterocycles. The van der Waals surface area contributed by atoms with Gasteiger partial charge in [0.25, 0.3) is 0 Å². The lowest BCUT2D eigenvalue weighted by atomic mass is 10.2. The first-order valence-electron chi connectivity index (χ1n) is 7.59. The number of aromatic nitrogens is 2. The molecule has 9 heteroatoms. The number of aliphatic imine (C=N–C) groups is 1. The maximum absolute atomic E-state index is 12.8. The summed E-state index contributed by atoms with van der Waals surface area (Å²) >= 11 is 0. The van der Waals surface area contributed by atoms with Gasteiger partial charge < -0.3 is 15.4 Å². The fraction of sp³-hybridized carbons (Fsp3) is 0.375. The molecule has 1 heterocycles. The van der Waals surface area contributed by atoms with Gasteiger partial charge >= 0.3 is 6.55 Å². The third kappa shape index (κ3) is 6.15. The second kappa shape index (κ2) is 10.9. The lowest BCUT2D eigenvalue weighted by Crippen LogP contribution is -2.37. The largest absolute Gasteiger partial charge is 0.496 e. The molecule has 0 aliphatic heterocycles. The fourth-order valence-corrected chi connectivity index (χ4v) is 2.16. The smallest absolute Gasteiger partial charge is 0.319 e. The van der Waals surface area contributed by atoms with Crippen molar-refractivity contribution in [2.75, 3.05) is 13.7 Å². The number of hydrogen-bond acceptors (Lipinski definition) is 3. The van der Waals surface area contributed by atoms with Crippen molar-refractivity contribution in [1.82, 2.24) is 20.2 Å². The molecule has 0 unspecified atom stereocenters. The van der Waals surface area contributed by atoms with Crippen LogP contribution in [0.25, 0.3) is 0 Å². The van der Waals surface area contributed by atoms with E-state index in [-0.39, 0.29) is 36.3 Å². The summed E-state index contributed by atoms with van der Waals surface area (Å²) in [7, 11) is 1.61. The van der Waals surface area contributed by atoms with E-state index in [4.69, 9.17) is 4.74 Å². The molecule has 0 saturated carbocycles. The topological polar surface area (TPSA) is 63.5 Å². The minimum Gasteiger partial charge on any atom is -0.496 e. The predicted molar refractivity (Wildman–Crippen MR) is 104 cm³/mol. The van der Waals surface area contributed by atoms with Crippen LogP contribution in [0.15, 0.2) is 41.7 Å². The van der Waals surface area contributed by atoms with Crippen LogP contribution < -0.4 is 15.4 Å². The summed E-state index contributed by atoms with van der Waals surface area (Å²) in [6.07, 6.45) is 2.60. The van der Waals surface area contributed by atoms with Crippen LogP contribution in [0.5, 0.6) is 5.75 Å². The average Bonchev–Trinajstić information content (AvgIpc) is 3.06. The number of guanidine groups is 1. The zero-order valence-electron chi connectivity index (χ0n) is 14.1. The molecule has 0 atom stereocenters. The van der Waals surface area contributed by atoms with Crippen LogP contribution in [0, 0.1) is 0 Å². The maximum Gasteiger partial charge on any atom is 0.319 e. The summed E-state index contributed by atoms with van der Waals surface area (Å²) in [6.45, 7) is 0.525. The molecule has 2 N–H and O–H groups in total. The second-order valence-electron chi connectivity index (χ2n) is 4.89. The van der Waals surface area contributed by atoms with Gasteiger partial charge in [-0.05, 0) is 13.0 Å². The van der Waals surface area contributed by atoms with Gasteiger partial charge in [-0.3, -0.25) is 4.57 Å². The van der Waals surface area contributed by atoms with Crippen LogP contribution in [-0.4, -0.2) is 29.2 Å². The van der Waals surface area contributed by atoms with E-state index in [2.05, 4.69) is 20.6 Å². The molecular weight excluding hydrogens is 443 g/mol. The van der Waals surface area contributed by atoms with Gasteiger partial charge in [-0.15, -0.1) is 24.0 Å². The van der Waals surface area contributed by atoms with Crippen LogP contribution in [0.2, 0.25) is 0 Å². The van der Waals surface area contributed by atoms with Crippen molar-refractivity contribution >= 4 is 29.9 Å². The van der Waals surface area contributed by atoms with Crippen LogP contribution in [0.4, 0.5) is 8.78 Å². The number of alkyl halides is 2. The second-order valence-corrected chi connectivity index (χ2v) is 4.89. The number of benzene rings is 1. The van der Waals surface area contributed by atoms with E-state index in [0.29, 0.717) is 19.0 Å². The van der Waals surface area contributed by atoms with Gasteiger partial charge in [-0.25, -0.2) is 9.98 Å². The molecule has 1 aromatic carbocycles. The predicted octanol–water partition coefficient (Wildman–Crippen LogP) is 3.16. The van der Waals surface area contributed by atoms with Crippen molar-refractivity contribution in [3.05, 3.63) is 48.0 Å². The molecule has 0 spiro atoms. The first-order valence-corrected chi connectivity index (χ1v) is 7.59. The first kappa shape index (κ1) is 21.1. The summed E-state index contributed by atoms with van der Waals surface area (Å²) in [5, 5.41) is 6.08. The monoisotopic (exact) mass is 465 g/mol. The Morgan fingerprint density at radius 2 is 2.08 bits per heavy atom. The van der Waals surface area contributed by atoms with Gasteiger partial charge in [0.05, 0.1) is 20.2 Å². The molecule has 1 aromatic heterocycles.